The van der Waals surface area contributed by atoms with Crippen molar-refractivity contribution < 1.29 is 4.74 Å². The maximum atomic E-state index is 6.03. The molecule has 0 aromatic heterocycles. The molecule has 0 bridgehead atoms. The molecule has 0 amide bonds. The van der Waals surface area contributed by atoms with E-state index in [2.05, 4.69) is 41.9 Å². The summed E-state index contributed by atoms with van der Waals surface area (Å²) in [7, 11) is 0. The van der Waals surface area contributed by atoms with Crippen molar-refractivity contribution in [1.29, 1.82) is 0 Å². The summed E-state index contributed by atoms with van der Waals surface area (Å²) in [6.07, 6.45) is 3.14. The monoisotopic (exact) mass is 297 g/mol. The second-order valence-electron chi connectivity index (χ2n) is 4.88. The van der Waals surface area contributed by atoms with E-state index in [9.17, 15) is 0 Å². The molecule has 1 heterocycles. The molecule has 2 atom stereocenters. The Labute approximate surface area is 112 Å². The molecule has 17 heavy (non-hydrogen) atoms. The number of hydrogen-bond acceptors (Lipinski definition) is 2. The van der Waals surface area contributed by atoms with Gasteiger partial charge in [-0.1, -0.05) is 29.3 Å². The molecule has 1 aromatic rings. The molecule has 1 aliphatic rings. The minimum atomic E-state index is 0.232. The predicted molar refractivity (Wildman–Crippen MR) is 74.5 cm³/mol. The summed E-state index contributed by atoms with van der Waals surface area (Å²) in [6.45, 7) is 5.11. The molecule has 1 aliphatic heterocycles. The predicted octanol–water partition coefficient (Wildman–Crippen LogP) is 3.30. The van der Waals surface area contributed by atoms with Crippen LogP contribution in [0.15, 0.2) is 16.6 Å². The van der Waals surface area contributed by atoms with Crippen LogP contribution in [0.5, 0.6) is 5.75 Å². The van der Waals surface area contributed by atoms with Crippen LogP contribution < -0.4 is 10.5 Å². The minimum absolute atomic E-state index is 0.232. The van der Waals surface area contributed by atoms with E-state index in [1.54, 1.807) is 0 Å². The van der Waals surface area contributed by atoms with Crippen molar-refractivity contribution >= 4 is 15.9 Å². The summed E-state index contributed by atoms with van der Waals surface area (Å²) in [5.74, 6) is 1.63. The van der Waals surface area contributed by atoms with E-state index in [0.29, 0.717) is 5.92 Å². The average molecular weight is 298 g/mol. The summed E-state index contributed by atoms with van der Waals surface area (Å²) >= 11 is 3.58. The summed E-state index contributed by atoms with van der Waals surface area (Å²) in [5, 5.41) is 0. The lowest BCUT2D eigenvalue weighted by molar-refractivity contribution is 0.347. The molecule has 0 aliphatic carbocycles. The van der Waals surface area contributed by atoms with Gasteiger partial charge in [0.15, 0.2) is 0 Å². The van der Waals surface area contributed by atoms with Gasteiger partial charge in [0, 0.05) is 16.9 Å². The third kappa shape index (κ3) is 2.83. The fourth-order valence-electron chi connectivity index (χ4n) is 2.48. The van der Waals surface area contributed by atoms with Crippen molar-refractivity contribution in [1.82, 2.24) is 0 Å². The highest BCUT2D eigenvalue weighted by atomic mass is 79.9. The smallest absolute Gasteiger partial charge is 0.125 e. The third-order valence-electron chi connectivity index (χ3n) is 3.58. The van der Waals surface area contributed by atoms with Crippen molar-refractivity contribution in [3.63, 3.8) is 0 Å². The first kappa shape index (κ1) is 12.9. The second kappa shape index (κ2) is 5.40. The lowest BCUT2D eigenvalue weighted by atomic mass is 9.90. The van der Waals surface area contributed by atoms with E-state index in [1.165, 1.54) is 11.1 Å². The van der Waals surface area contributed by atoms with Gasteiger partial charge in [0.05, 0.1) is 6.61 Å². The lowest BCUT2D eigenvalue weighted by Gasteiger charge is -2.20. The van der Waals surface area contributed by atoms with Crippen LogP contribution in [-0.2, 0) is 12.8 Å². The number of ether oxygens (including phenoxy) is 1. The SMILES string of the molecule is CCC(Cc1cc(Br)cc2c1OCC2)C(C)N. The maximum absolute atomic E-state index is 6.03. The molecular formula is C14H20BrNO. The third-order valence-corrected chi connectivity index (χ3v) is 4.03. The van der Waals surface area contributed by atoms with Gasteiger partial charge in [0.2, 0.25) is 0 Å². The van der Waals surface area contributed by atoms with Crippen LogP contribution in [0.1, 0.15) is 31.4 Å². The number of nitrogens with two attached hydrogens (primary N) is 1. The molecule has 2 N–H and O–H groups in total. The summed E-state index contributed by atoms with van der Waals surface area (Å²) in [5.41, 5.74) is 8.66. The Hall–Kier alpha value is -0.540. The van der Waals surface area contributed by atoms with Gasteiger partial charge in [-0.05, 0) is 42.5 Å². The highest BCUT2D eigenvalue weighted by molar-refractivity contribution is 9.10. The highest BCUT2D eigenvalue weighted by Crippen LogP contribution is 2.35. The van der Waals surface area contributed by atoms with Gasteiger partial charge in [-0.2, -0.15) is 0 Å². The molecule has 3 heteroatoms. The van der Waals surface area contributed by atoms with Gasteiger partial charge in [-0.3, -0.25) is 0 Å². The van der Waals surface area contributed by atoms with E-state index >= 15 is 0 Å². The zero-order chi connectivity index (χ0) is 12.4. The topological polar surface area (TPSA) is 35.2 Å². The van der Waals surface area contributed by atoms with E-state index in [0.717, 1.165) is 36.1 Å². The maximum Gasteiger partial charge on any atom is 0.125 e. The first-order valence-corrected chi connectivity index (χ1v) is 7.10. The van der Waals surface area contributed by atoms with Gasteiger partial charge < -0.3 is 10.5 Å². The van der Waals surface area contributed by atoms with Gasteiger partial charge in [0.25, 0.3) is 0 Å². The summed E-state index contributed by atoms with van der Waals surface area (Å²) in [4.78, 5) is 0. The van der Waals surface area contributed by atoms with Crippen LogP contribution in [-0.4, -0.2) is 12.6 Å². The zero-order valence-corrected chi connectivity index (χ0v) is 12.1. The van der Waals surface area contributed by atoms with Gasteiger partial charge in [-0.15, -0.1) is 0 Å². The van der Waals surface area contributed by atoms with Crippen LogP contribution in [0.3, 0.4) is 0 Å². The zero-order valence-electron chi connectivity index (χ0n) is 10.5. The molecular weight excluding hydrogens is 278 g/mol. The minimum Gasteiger partial charge on any atom is -0.493 e. The molecule has 0 saturated carbocycles. The van der Waals surface area contributed by atoms with Crippen LogP contribution in [0.2, 0.25) is 0 Å². The fraction of sp³-hybridized carbons (Fsp3) is 0.571. The highest BCUT2D eigenvalue weighted by Gasteiger charge is 2.21. The number of hydrogen-bond donors (Lipinski definition) is 1. The number of halogens is 1. The Balaban J connectivity index is 2.26. The molecule has 94 valence electrons. The van der Waals surface area contributed by atoms with Crippen molar-refractivity contribution in [3.8, 4) is 5.75 Å². The number of benzene rings is 1. The summed E-state index contributed by atoms with van der Waals surface area (Å²) < 4.78 is 6.90. The normalized spacial score (nSPS) is 17.4. The largest absolute Gasteiger partial charge is 0.493 e. The van der Waals surface area contributed by atoms with Crippen LogP contribution in [0.4, 0.5) is 0 Å². The molecule has 0 spiro atoms. The Morgan fingerprint density at radius 2 is 2.24 bits per heavy atom. The van der Waals surface area contributed by atoms with Gasteiger partial charge >= 0.3 is 0 Å². The Morgan fingerprint density at radius 3 is 2.88 bits per heavy atom. The first-order valence-electron chi connectivity index (χ1n) is 6.31. The van der Waals surface area contributed by atoms with Crippen LogP contribution in [0, 0.1) is 5.92 Å². The van der Waals surface area contributed by atoms with Crippen molar-refractivity contribution in [2.45, 2.75) is 39.2 Å². The Bertz CT molecular complexity index is 403. The van der Waals surface area contributed by atoms with Crippen LogP contribution >= 0.6 is 15.9 Å². The van der Waals surface area contributed by atoms with Crippen LogP contribution in [0.25, 0.3) is 0 Å². The van der Waals surface area contributed by atoms with Gasteiger partial charge in [0.1, 0.15) is 5.75 Å². The first-order chi connectivity index (χ1) is 8.11. The molecule has 0 radical (unpaired) electrons. The van der Waals surface area contributed by atoms with E-state index in [1.807, 2.05) is 0 Å². The average Bonchev–Trinajstić information content (AvgIpc) is 2.72. The molecule has 0 saturated heterocycles. The van der Waals surface area contributed by atoms with E-state index in [4.69, 9.17) is 10.5 Å². The van der Waals surface area contributed by atoms with Crippen molar-refractivity contribution in [2.75, 3.05) is 6.61 Å². The molecule has 2 unspecified atom stereocenters. The molecule has 0 fully saturated rings. The van der Waals surface area contributed by atoms with E-state index in [-0.39, 0.29) is 6.04 Å². The standard InChI is InChI=1S/C14H20BrNO/c1-3-10(9(2)16)6-12-8-13(15)7-11-4-5-17-14(11)12/h7-10H,3-6,16H2,1-2H3. The van der Waals surface area contributed by atoms with E-state index < -0.39 is 0 Å². The lowest BCUT2D eigenvalue weighted by Crippen LogP contribution is -2.27. The Kier molecular flexibility index (Phi) is 4.10. The Morgan fingerprint density at radius 1 is 1.47 bits per heavy atom. The molecule has 2 rings (SSSR count). The fourth-order valence-corrected chi connectivity index (χ4v) is 3.03. The quantitative estimate of drug-likeness (QED) is 0.925. The van der Waals surface area contributed by atoms with Gasteiger partial charge in [-0.25, -0.2) is 0 Å². The summed E-state index contributed by atoms with van der Waals surface area (Å²) in [6, 6.07) is 4.57. The second-order valence-corrected chi connectivity index (χ2v) is 5.80. The van der Waals surface area contributed by atoms with Crippen molar-refractivity contribution in [2.24, 2.45) is 11.7 Å². The molecule has 1 aromatic carbocycles. The van der Waals surface area contributed by atoms with Crippen molar-refractivity contribution in [3.05, 3.63) is 27.7 Å². The number of rotatable bonds is 4. The molecule has 2 nitrogen and oxygen atoms in total. The number of fused-ring (bicyclic) bond motifs is 1.